The molecule has 0 saturated heterocycles. The summed E-state index contributed by atoms with van der Waals surface area (Å²) in [6.07, 6.45) is -0.748. The molecule has 8 heteroatoms. The third kappa shape index (κ3) is 4.40. The summed E-state index contributed by atoms with van der Waals surface area (Å²) in [5, 5.41) is 6.32. The van der Waals surface area contributed by atoms with E-state index >= 15 is 0 Å². The van der Waals surface area contributed by atoms with E-state index in [4.69, 9.17) is 9.26 Å². The first-order chi connectivity index (χ1) is 13.3. The number of nitrogens with one attached hydrogen (secondary N) is 2. The normalized spacial score (nSPS) is 11.7. The minimum Gasteiger partial charge on any atom is -0.481 e. The highest BCUT2D eigenvalue weighted by Crippen LogP contribution is 2.16. The lowest BCUT2D eigenvalue weighted by Crippen LogP contribution is -2.30. The van der Waals surface area contributed by atoms with Gasteiger partial charge in [0.15, 0.2) is 11.9 Å². The van der Waals surface area contributed by atoms with Gasteiger partial charge in [0.1, 0.15) is 11.5 Å². The lowest BCUT2D eigenvalue weighted by atomic mass is 10.2. The molecule has 3 rings (SSSR count). The maximum absolute atomic E-state index is 12.4. The Labute approximate surface area is 162 Å². The average Bonchev–Trinajstić information content (AvgIpc) is 3.21. The van der Waals surface area contributed by atoms with Gasteiger partial charge in [0.05, 0.1) is 0 Å². The van der Waals surface area contributed by atoms with Crippen LogP contribution in [0.4, 0.5) is 5.82 Å². The highest BCUT2D eigenvalue weighted by atomic mass is 16.5. The van der Waals surface area contributed by atoms with Gasteiger partial charge in [-0.05, 0) is 64.1 Å². The van der Waals surface area contributed by atoms with Crippen molar-refractivity contribution < 1.29 is 18.8 Å². The number of carbonyl (C=O) groups excluding carboxylic acids is 2. The number of amides is 2. The summed E-state index contributed by atoms with van der Waals surface area (Å²) in [5.74, 6) is 0.822. The number of carbonyl (C=O) groups is 2. The summed E-state index contributed by atoms with van der Waals surface area (Å²) < 4.78 is 12.3. The Kier molecular flexibility index (Phi) is 5.49. The van der Waals surface area contributed by atoms with Crippen LogP contribution in [0.5, 0.6) is 5.75 Å². The third-order valence-corrected chi connectivity index (χ3v) is 4.16. The quantitative estimate of drug-likeness (QED) is 0.682. The number of aryl methyl sites for hydroxylation is 3. The van der Waals surface area contributed by atoms with E-state index in [-0.39, 0.29) is 11.8 Å². The number of hydrogen-bond acceptors (Lipinski definition) is 5. The van der Waals surface area contributed by atoms with Crippen LogP contribution in [-0.4, -0.2) is 27.8 Å². The minimum atomic E-state index is -0.748. The van der Waals surface area contributed by atoms with E-state index in [9.17, 15) is 9.59 Å². The molecule has 8 nitrogen and oxygen atoms in total. The highest BCUT2D eigenvalue weighted by Gasteiger charge is 2.17. The topological polar surface area (TPSA) is 98.4 Å². The first-order valence-electron chi connectivity index (χ1n) is 8.80. The lowest BCUT2D eigenvalue weighted by molar-refractivity contribution is -0.122. The number of anilines is 1. The Bertz CT molecular complexity index is 969. The molecule has 0 fully saturated rings. The molecule has 0 spiro atoms. The molecule has 28 heavy (non-hydrogen) atoms. The Balaban J connectivity index is 1.59. The SMILES string of the molecule is Cc1cc(NC(=O)[C@@H](C)Oc2ccc(C(=O)Nn3c(C)ccc3C)cc2)no1. The maximum Gasteiger partial charge on any atom is 0.270 e. The Morgan fingerprint density at radius 3 is 2.29 bits per heavy atom. The molecule has 146 valence electrons. The monoisotopic (exact) mass is 382 g/mol. The van der Waals surface area contributed by atoms with Gasteiger partial charge in [-0.15, -0.1) is 0 Å². The van der Waals surface area contributed by atoms with Crippen LogP contribution in [0.2, 0.25) is 0 Å². The summed E-state index contributed by atoms with van der Waals surface area (Å²) in [5.41, 5.74) is 5.20. The van der Waals surface area contributed by atoms with E-state index < -0.39 is 6.10 Å². The molecule has 1 atom stereocenters. The standard InChI is InChI=1S/C20H22N4O4/c1-12-5-6-13(2)24(12)22-20(26)16-7-9-17(10-8-16)27-15(4)19(25)21-18-11-14(3)28-23-18/h5-11,15H,1-4H3,(H,22,26)(H,21,23,25)/t15-/m1/s1. The van der Waals surface area contributed by atoms with Gasteiger partial charge in [0.2, 0.25) is 0 Å². The molecule has 3 aromatic rings. The van der Waals surface area contributed by atoms with Gasteiger partial charge in [-0.1, -0.05) is 5.16 Å². The van der Waals surface area contributed by atoms with Crippen LogP contribution in [0.15, 0.2) is 47.0 Å². The smallest absolute Gasteiger partial charge is 0.270 e. The zero-order valence-corrected chi connectivity index (χ0v) is 16.1. The zero-order valence-electron chi connectivity index (χ0n) is 16.1. The molecule has 0 aliphatic rings. The van der Waals surface area contributed by atoms with Crippen LogP contribution in [-0.2, 0) is 4.79 Å². The molecule has 2 N–H and O–H groups in total. The lowest BCUT2D eigenvalue weighted by Gasteiger charge is -2.14. The van der Waals surface area contributed by atoms with Crippen molar-refractivity contribution in [3.05, 3.63) is 65.2 Å². The molecular formula is C20H22N4O4. The van der Waals surface area contributed by atoms with Gasteiger partial charge < -0.3 is 14.6 Å². The zero-order chi connectivity index (χ0) is 20.3. The first-order valence-corrected chi connectivity index (χ1v) is 8.80. The molecule has 0 radical (unpaired) electrons. The number of rotatable bonds is 6. The van der Waals surface area contributed by atoms with Gasteiger partial charge >= 0.3 is 0 Å². The van der Waals surface area contributed by atoms with Crippen LogP contribution in [0.3, 0.4) is 0 Å². The summed E-state index contributed by atoms with van der Waals surface area (Å²) in [7, 11) is 0. The Morgan fingerprint density at radius 2 is 1.71 bits per heavy atom. The summed E-state index contributed by atoms with van der Waals surface area (Å²) in [4.78, 5) is 24.6. The summed E-state index contributed by atoms with van der Waals surface area (Å²) >= 11 is 0. The highest BCUT2D eigenvalue weighted by molar-refractivity contribution is 6.00. The fourth-order valence-corrected chi connectivity index (χ4v) is 2.61. The van der Waals surface area contributed by atoms with Crippen LogP contribution in [0.1, 0.15) is 34.4 Å². The van der Waals surface area contributed by atoms with E-state index in [2.05, 4.69) is 15.9 Å². The van der Waals surface area contributed by atoms with Crippen molar-refractivity contribution in [2.45, 2.75) is 33.8 Å². The molecule has 0 saturated carbocycles. The van der Waals surface area contributed by atoms with Crippen molar-refractivity contribution in [3.63, 3.8) is 0 Å². The maximum atomic E-state index is 12.4. The van der Waals surface area contributed by atoms with Gasteiger partial charge in [0, 0.05) is 23.0 Å². The van der Waals surface area contributed by atoms with Crippen molar-refractivity contribution in [3.8, 4) is 5.75 Å². The molecule has 0 unspecified atom stereocenters. The fraction of sp³-hybridized carbons (Fsp3) is 0.250. The summed E-state index contributed by atoms with van der Waals surface area (Å²) in [6.45, 7) is 7.19. The van der Waals surface area contributed by atoms with Crippen LogP contribution >= 0.6 is 0 Å². The van der Waals surface area contributed by atoms with Crippen molar-refractivity contribution in [2.75, 3.05) is 10.7 Å². The molecule has 1 aromatic carbocycles. The van der Waals surface area contributed by atoms with Crippen molar-refractivity contribution in [1.29, 1.82) is 0 Å². The molecular weight excluding hydrogens is 360 g/mol. The van der Waals surface area contributed by atoms with Crippen LogP contribution < -0.4 is 15.5 Å². The average molecular weight is 382 g/mol. The molecule has 0 aliphatic carbocycles. The van der Waals surface area contributed by atoms with Gasteiger partial charge in [-0.2, -0.15) is 0 Å². The molecule has 2 heterocycles. The summed E-state index contributed by atoms with van der Waals surface area (Å²) in [6, 6.07) is 12.1. The van der Waals surface area contributed by atoms with Crippen molar-refractivity contribution in [2.24, 2.45) is 0 Å². The Morgan fingerprint density at radius 1 is 1.07 bits per heavy atom. The molecule has 2 aromatic heterocycles. The first kappa shape index (κ1) is 19.2. The number of hydrogen-bond donors (Lipinski definition) is 2. The number of aromatic nitrogens is 2. The fourth-order valence-electron chi connectivity index (χ4n) is 2.61. The van der Waals surface area contributed by atoms with Gasteiger partial charge in [-0.3, -0.25) is 19.7 Å². The van der Waals surface area contributed by atoms with E-state index in [0.29, 0.717) is 22.9 Å². The van der Waals surface area contributed by atoms with E-state index in [0.717, 1.165) is 11.4 Å². The second-order valence-corrected chi connectivity index (χ2v) is 6.49. The van der Waals surface area contributed by atoms with Crippen molar-refractivity contribution in [1.82, 2.24) is 9.83 Å². The second kappa shape index (κ2) is 7.99. The van der Waals surface area contributed by atoms with Gasteiger partial charge in [0.25, 0.3) is 11.8 Å². The Hall–Kier alpha value is -3.55. The van der Waals surface area contributed by atoms with Gasteiger partial charge in [-0.25, -0.2) is 0 Å². The third-order valence-electron chi connectivity index (χ3n) is 4.16. The van der Waals surface area contributed by atoms with E-state index in [1.54, 1.807) is 48.9 Å². The largest absolute Gasteiger partial charge is 0.481 e. The van der Waals surface area contributed by atoms with Crippen LogP contribution in [0, 0.1) is 20.8 Å². The minimum absolute atomic E-state index is 0.235. The predicted molar refractivity (Wildman–Crippen MR) is 104 cm³/mol. The second-order valence-electron chi connectivity index (χ2n) is 6.49. The van der Waals surface area contributed by atoms with Crippen molar-refractivity contribution >= 4 is 17.6 Å². The number of benzene rings is 1. The number of ether oxygens (including phenoxy) is 1. The number of nitrogens with zero attached hydrogens (tertiary/aromatic N) is 2. The van der Waals surface area contributed by atoms with E-state index in [1.165, 1.54) is 0 Å². The molecule has 0 bridgehead atoms. The molecule has 2 amide bonds. The predicted octanol–water partition coefficient (Wildman–Crippen LogP) is 3.19. The van der Waals surface area contributed by atoms with Crippen LogP contribution in [0.25, 0.3) is 0 Å². The molecule has 0 aliphatic heterocycles. The van der Waals surface area contributed by atoms with E-state index in [1.807, 2.05) is 26.0 Å².